The largest absolute Gasteiger partial charge is 0.493 e. The number of methoxy groups -OCH3 is 2. The van der Waals surface area contributed by atoms with Crippen LogP contribution >= 0.6 is 0 Å². The number of rotatable bonds is 8. The third-order valence-electron chi connectivity index (χ3n) is 2.91. The standard InChI is InChI=1S/C14H19NO5/c1-4-7-15(9-16)13(14(17)18)10-5-6-11(19-2)12(8-10)20-3/h5-6,8-9,13H,4,7H2,1-3H3,(H,17,18). The molecule has 1 unspecified atom stereocenters. The average molecular weight is 281 g/mol. The Morgan fingerprint density at radius 3 is 2.45 bits per heavy atom. The fraction of sp³-hybridized carbons (Fsp3) is 0.429. The van der Waals surface area contributed by atoms with Crippen molar-refractivity contribution in [2.24, 2.45) is 0 Å². The van der Waals surface area contributed by atoms with Gasteiger partial charge in [0.2, 0.25) is 6.41 Å². The SMILES string of the molecule is CCCN(C=O)C(C(=O)O)c1ccc(OC)c(OC)c1. The Balaban J connectivity index is 3.21. The van der Waals surface area contributed by atoms with Crippen molar-refractivity contribution >= 4 is 12.4 Å². The number of carboxylic acid groups (broad SMARTS) is 1. The Labute approximate surface area is 117 Å². The minimum atomic E-state index is -1.09. The molecule has 0 aliphatic heterocycles. The molecule has 0 saturated heterocycles. The zero-order chi connectivity index (χ0) is 15.1. The topological polar surface area (TPSA) is 76.1 Å². The highest BCUT2D eigenvalue weighted by atomic mass is 16.5. The lowest BCUT2D eigenvalue weighted by Gasteiger charge is -2.25. The molecule has 1 rings (SSSR count). The van der Waals surface area contributed by atoms with E-state index >= 15 is 0 Å². The molecule has 1 aromatic rings. The number of hydrogen-bond donors (Lipinski definition) is 1. The number of ether oxygens (including phenoxy) is 2. The summed E-state index contributed by atoms with van der Waals surface area (Å²) < 4.78 is 10.3. The molecule has 0 saturated carbocycles. The molecule has 20 heavy (non-hydrogen) atoms. The first-order valence-electron chi connectivity index (χ1n) is 6.24. The van der Waals surface area contributed by atoms with Gasteiger partial charge in [-0.3, -0.25) is 4.79 Å². The molecule has 1 amide bonds. The lowest BCUT2D eigenvalue weighted by atomic mass is 10.0. The number of carboxylic acids is 1. The summed E-state index contributed by atoms with van der Waals surface area (Å²) in [7, 11) is 2.97. The first-order chi connectivity index (χ1) is 9.58. The Morgan fingerprint density at radius 2 is 2.00 bits per heavy atom. The fourth-order valence-corrected chi connectivity index (χ4v) is 2.00. The number of carbonyl (C=O) groups excluding carboxylic acids is 1. The van der Waals surface area contributed by atoms with Gasteiger partial charge >= 0.3 is 5.97 Å². The zero-order valence-electron chi connectivity index (χ0n) is 11.8. The van der Waals surface area contributed by atoms with Crippen molar-refractivity contribution in [1.29, 1.82) is 0 Å². The molecule has 0 spiro atoms. The Hall–Kier alpha value is -2.24. The lowest BCUT2D eigenvalue weighted by molar-refractivity contribution is -0.146. The van der Waals surface area contributed by atoms with Crippen molar-refractivity contribution in [3.05, 3.63) is 23.8 Å². The molecule has 0 heterocycles. The van der Waals surface area contributed by atoms with E-state index in [1.807, 2.05) is 6.92 Å². The monoisotopic (exact) mass is 281 g/mol. The van der Waals surface area contributed by atoms with E-state index < -0.39 is 12.0 Å². The van der Waals surface area contributed by atoms with E-state index in [4.69, 9.17) is 9.47 Å². The van der Waals surface area contributed by atoms with Crippen LogP contribution in [-0.2, 0) is 9.59 Å². The van der Waals surface area contributed by atoms with Gasteiger partial charge in [-0.15, -0.1) is 0 Å². The molecule has 0 bridgehead atoms. The summed E-state index contributed by atoms with van der Waals surface area (Å²) in [5, 5.41) is 9.37. The average Bonchev–Trinajstić information content (AvgIpc) is 2.46. The molecule has 1 N–H and O–H groups in total. The van der Waals surface area contributed by atoms with Crippen LogP contribution in [0.1, 0.15) is 24.9 Å². The predicted molar refractivity (Wildman–Crippen MR) is 73.0 cm³/mol. The van der Waals surface area contributed by atoms with Gasteiger partial charge in [0, 0.05) is 6.54 Å². The number of hydrogen-bond acceptors (Lipinski definition) is 4. The fourth-order valence-electron chi connectivity index (χ4n) is 2.00. The number of nitrogens with zero attached hydrogens (tertiary/aromatic N) is 1. The maximum Gasteiger partial charge on any atom is 0.331 e. The molecule has 1 atom stereocenters. The second kappa shape index (κ2) is 7.37. The molecule has 110 valence electrons. The van der Waals surface area contributed by atoms with Gasteiger partial charge in [0.05, 0.1) is 14.2 Å². The highest BCUT2D eigenvalue weighted by Gasteiger charge is 2.27. The van der Waals surface area contributed by atoms with E-state index in [9.17, 15) is 14.7 Å². The van der Waals surface area contributed by atoms with Crippen LogP contribution in [0.5, 0.6) is 11.5 Å². The third-order valence-corrected chi connectivity index (χ3v) is 2.91. The number of aliphatic carboxylic acids is 1. The van der Waals surface area contributed by atoms with Crippen LogP contribution in [0.15, 0.2) is 18.2 Å². The first-order valence-corrected chi connectivity index (χ1v) is 6.24. The van der Waals surface area contributed by atoms with Crippen molar-refractivity contribution in [3.8, 4) is 11.5 Å². The molecule has 0 radical (unpaired) electrons. The lowest BCUT2D eigenvalue weighted by Crippen LogP contribution is -2.33. The second-order valence-electron chi connectivity index (χ2n) is 4.20. The van der Waals surface area contributed by atoms with Crippen LogP contribution in [0, 0.1) is 0 Å². The summed E-state index contributed by atoms with van der Waals surface area (Å²) in [4.78, 5) is 23.8. The first kappa shape index (κ1) is 15.8. The van der Waals surface area contributed by atoms with Gasteiger partial charge in [-0.2, -0.15) is 0 Å². The summed E-state index contributed by atoms with van der Waals surface area (Å²) in [6.07, 6.45) is 1.23. The molecule has 0 aliphatic carbocycles. The van der Waals surface area contributed by atoms with E-state index in [2.05, 4.69) is 0 Å². The molecule has 0 aromatic heterocycles. The van der Waals surface area contributed by atoms with Gasteiger partial charge in [0.15, 0.2) is 17.5 Å². The van der Waals surface area contributed by atoms with Crippen LogP contribution < -0.4 is 9.47 Å². The van der Waals surface area contributed by atoms with E-state index in [-0.39, 0.29) is 0 Å². The smallest absolute Gasteiger partial charge is 0.331 e. The van der Waals surface area contributed by atoms with Gasteiger partial charge in [0.1, 0.15) is 0 Å². The van der Waals surface area contributed by atoms with Gasteiger partial charge in [-0.25, -0.2) is 4.79 Å². The number of carbonyl (C=O) groups is 2. The highest BCUT2D eigenvalue weighted by Crippen LogP contribution is 2.31. The van der Waals surface area contributed by atoms with Crippen LogP contribution in [-0.4, -0.2) is 43.2 Å². The summed E-state index contributed by atoms with van der Waals surface area (Å²) >= 11 is 0. The number of benzene rings is 1. The van der Waals surface area contributed by atoms with Crippen molar-refractivity contribution < 1.29 is 24.2 Å². The minimum Gasteiger partial charge on any atom is -0.493 e. The Kier molecular flexibility index (Phi) is 5.83. The highest BCUT2D eigenvalue weighted by molar-refractivity contribution is 5.78. The minimum absolute atomic E-state index is 0.370. The van der Waals surface area contributed by atoms with Gasteiger partial charge in [-0.1, -0.05) is 13.0 Å². The molecule has 1 aromatic carbocycles. The molecule has 0 fully saturated rings. The van der Waals surface area contributed by atoms with Crippen molar-refractivity contribution in [2.75, 3.05) is 20.8 Å². The van der Waals surface area contributed by atoms with Gasteiger partial charge in [-0.05, 0) is 24.1 Å². The van der Waals surface area contributed by atoms with Crippen LogP contribution in [0.2, 0.25) is 0 Å². The summed E-state index contributed by atoms with van der Waals surface area (Å²) in [6.45, 7) is 2.25. The molecule has 6 heteroatoms. The van der Waals surface area contributed by atoms with Gasteiger partial charge < -0.3 is 19.5 Å². The summed E-state index contributed by atoms with van der Waals surface area (Å²) in [5.41, 5.74) is 0.468. The third kappa shape index (κ3) is 3.40. The van der Waals surface area contributed by atoms with Gasteiger partial charge in [0.25, 0.3) is 0 Å². The quantitative estimate of drug-likeness (QED) is 0.734. The second-order valence-corrected chi connectivity index (χ2v) is 4.20. The molecular weight excluding hydrogens is 262 g/mol. The van der Waals surface area contributed by atoms with E-state index in [0.29, 0.717) is 36.4 Å². The predicted octanol–water partition coefficient (Wildman–Crippen LogP) is 1.70. The Bertz CT molecular complexity index is 475. The summed E-state index contributed by atoms with van der Waals surface area (Å²) in [6, 6.07) is 3.78. The van der Waals surface area contributed by atoms with Crippen molar-refractivity contribution in [2.45, 2.75) is 19.4 Å². The maximum atomic E-state index is 11.5. The zero-order valence-corrected chi connectivity index (χ0v) is 11.8. The van der Waals surface area contributed by atoms with Crippen LogP contribution in [0.4, 0.5) is 0 Å². The Morgan fingerprint density at radius 1 is 1.35 bits per heavy atom. The molecular formula is C14H19NO5. The van der Waals surface area contributed by atoms with Crippen molar-refractivity contribution in [3.63, 3.8) is 0 Å². The summed E-state index contributed by atoms with van der Waals surface area (Å²) in [5.74, 6) is -0.148. The van der Waals surface area contributed by atoms with E-state index in [1.54, 1.807) is 18.2 Å². The molecule has 6 nitrogen and oxygen atoms in total. The van der Waals surface area contributed by atoms with E-state index in [1.165, 1.54) is 19.1 Å². The van der Waals surface area contributed by atoms with Crippen molar-refractivity contribution in [1.82, 2.24) is 4.90 Å². The maximum absolute atomic E-state index is 11.5. The molecule has 0 aliphatic rings. The normalized spacial score (nSPS) is 11.6. The van der Waals surface area contributed by atoms with Crippen LogP contribution in [0.3, 0.4) is 0 Å². The van der Waals surface area contributed by atoms with Crippen LogP contribution in [0.25, 0.3) is 0 Å². The number of amides is 1. The van der Waals surface area contributed by atoms with E-state index in [0.717, 1.165) is 0 Å².